The molecular weight excluding hydrogens is 314 g/mol. The predicted molar refractivity (Wildman–Crippen MR) is 78.0 cm³/mol. The molecule has 18 heavy (non-hydrogen) atoms. The van der Waals surface area contributed by atoms with Crippen molar-refractivity contribution in [3.8, 4) is 0 Å². The maximum absolute atomic E-state index is 12.0. The molecule has 4 heteroatoms. The topological polar surface area (TPSA) is 29.1 Å². The third kappa shape index (κ3) is 3.48. The highest BCUT2D eigenvalue weighted by Crippen LogP contribution is 2.31. The molecule has 1 aromatic carbocycles. The van der Waals surface area contributed by atoms with Crippen LogP contribution in [0.5, 0.6) is 0 Å². The van der Waals surface area contributed by atoms with Gasteiger partial charge in [0.25, 0.3) is 5.91 Å². The molecule has 1 N–H and O–H groups in total. The third-order valence-corrected chi connectivity index (χ3v) is 4.52. The smallest absolute Gasteiger partial charge is 0.251 e. The highest BCUT2D eigenvalue weighted by molar-refractivity contribution is 9.10. The molecule has 0 heterocycles. The van der Waals surface area contributed by atoms with Crippen molar-refractivity contribution in [1.29, 1.82) is 0 Å². The van der Waals surface area contributed by atoms with Gasteiger partial charge in [0.2, 0.25) is 0 Å². The number of amides is 1. The fourth-order valence-corrected chi connectivity index (χ4v) is 3.35. The first kappa shape index (κ1) is 13.9. The summed E-state index contributed by atoms with van der Waals surface area (Å²) in [5.41, 5.74) is 0.699. The largest absolute Gasteiger partial charge is 0.352 e. The van der Waals surface area contributed by atoms with Gasteiger partial charge in [-0.05, 0) is 42.9 Å². The predicted octanol–water partition coefficient (Wildman–Crippen LogP) is 3.83. The summed E-state index contributed by atoms with van der Waals surface area (Å²) < 4.78 is 0.926. The van der Waals surface area contributed by atoms with Crippen molar-refractivity contribution in [1.82, 2.24) is 5.32 Å². The molecule has 1 aromatic rings. The Balaban J connectivity index is 1.88. The molecule has 1 aliphatic carbocycles. The van der Waals surface area contributed by atoms with Crippen LogP contribution >= 0.6 is 27.5 Å². The van der Waals surface area contributed by atoms with Crippen molar-refractivity contribution in [2.75, 3.05) is 12.4 Å². The number of halogens is 2. The molecule has 2 atom stereocenters. The average Bonchev–Trinajstić information content (AvgIpc) is 2.83. The number of rotatable bonds is 4. The number of hydrogen-bond acceptors (Lipinski definition) is 1. The lowest BCUT2D eigenvalue weighted by Crippen LogP contribution is -2.31. The van der Waals surface area contributed by atoms with Crippen molar-refractivity contribution in [3.05, 3.63) is 34.3 Å². The molecule has 0 aromatic heterocycles. The number of alkyl halides is 1. The minimum absolute atomic E-state index is 0.00322. The van der Waals surface area contributed by atoms with E-state index in [0.29, 0.717) is 23.3 Å². The van der Waals surface area contributed by atoms with Gasteiger partial charge in [-0.15, -0.1) is 11.6 Å². The molecule has 2 rings (SSSR count). The van der Waals surface area contributed by atoms with Crippen LogP contribution in [0.15, 0.2) is 28.7 Å². The summed E-state index contributed by atoms with van der Waals surface area (Å²) in [6, 6.07) is 7.45. The van der Waals surface area contributed by atoms with E-state index in [1.807, 2.05) is 24.3 Å². The van der Waals surface area contributed by atoms with Crippen molar-refractivity contribution < 1.29 is 4.79 Å². The van der Waals surface area contributed by atoms with Gasteiger partial charge in [-0.3, -0.25) is 4.79 Å². The fraction of sp³-hybridized carbons (Fsp3) is 0.500. The van der Waals surface area contributed by atoms with Crippen LogP contribution in [0, 0.1) is 11.8 Å². The SMILES string of the molecule is O=C(NCC1CCCC1CCl)c1cccc(Br)c1. The van der Waals surface area contributed by atoms with Crippen LogP contribution in [-0.2, 0) is 0 Å². The molecule has 1 saturated carbocycles. The molecule has 0 spiro atoms. The first-order valence-corrected chi connectivity index (χ1v) is 7.63. The second-order valence-corrected chi connectivity index (χ2v) is 6.05. The van der Waals surface area contributed by atoms with Gasteiger partial charge in [0.05, 0.1) is 0 Å². The summed E-state index contributed by atoms with van der Waals surface area (Å²) >= 11 is 9.31. The maximum Gasteiger partial charge on any atom is 0.251 e. The minimum Gasteiger partial charge on any atom is -0.352 e. The van der Waals surface area contributed by atoms with Crippen LogP contribution < -0.4 is 5.32 Å². The summed E-state index contributed by atoms with van der Waals surface area (Å²) in [5.74, 6) is 1.81. The summed E-state index contributed by atoms with van der Waals surface area (Å²) in [7, 11) is 0. The molecule has 2 nitrogen and oxygen atoms in total. The zero-order chi connectivity index (χ0) is 13.0. The van der Waals surface area contributed by atoms with E-state index in [4.69, 9.17) is 11.6 Å². The lowest BCUT2D eigenvalue weighted by atomic mass is 9.98. The van der Waals surface area contributed by atoms with Crippen LogP contribution in [0.2, 0.25) is 0 Å². The van der Waals surface area contributed by atoms with Crippen LogP contribution in [0.3, 0.4) is 0 Å². The van der Waals surface area contributed by atoms with Gasteiger partial charge < -0.3 is 5.32 Å². The lowest BCUT2D eigenvalue weighted by Gasteiger charge is -2.17. The van der Waals surface area contributed by atoms with E-state index < -0.39 is 0 Å². The molecule has 98 valence electrons. The van der Waals surface area contributed by atoms with Gasteiger partial charge in [-0.25, -0.2) is 0 Å². The van der Waals surface area contributed by atoms with E-state index in [1.165, 1.54) is 19.3 Å². The number of carbonyl (C=O) groups excluding carboxylic acids is 1. The summed E-state index contributed by atoms with van der Waals surface area (Å²) in [5, 5.41) is 3.01. The minimum atomic E-state index is -0.00322. The zero-order valence-corrected chi connectivity index (χ0v) is 12.5. The number of carbonyl (C=O) groups is 1. The molecular formula is C14H17BrClNO. The molecule has 0 saturated heterocycles. The second-order valence-electron chi connectivity index (χ2n) is 4.83. The number of benzene rings is 1. The van der Waals surface area contributed by atoms with E-state index in [2.05, 4.69) is 21.2 Å². The Morgan fingerprint density at radius 3 is 2.89 bits per heavy atom. The molecule has 1 aliphatic rings. The first-order valence-electron chi connectivity index (χ1n) is 6.30. The van der Waals surface area contributed by atoms with Crippen LogP contribution in [0.4, 0.5) is 0 Å². The lowest BCUT2D eigenvalue weighted by molar-refractivity contribution is 0.0944. The van der Waals surface area contributed by atoms with Crippen molar-refractivity contribution >= 4 is 33.4 Å². The molecule has 0 aliphatic heterocycles. The zero-order valence-electron chi connectivity index (χ0n) is 10.2. The molecule has 0 bridgehead atoms. The summed E-state index contributed by atoms with van der Waals surface area (Å²) in [4.78, 5) is 12.0. The fourth-order valence-electron chi connectivity index (χ4n) is 2.54. The maximum atomic E-state index is 12.0. The third-order valence-electron chi connectivity index (χ3n) is 3.63. The van der Waals surface area contributed by atoms with Crippen molar-refractivity contribution in [2.24, 2.45) is 11.8 Å². The van der Waals surface area contributed by atoms with Gasteiger partial charge in [0.15, 0.2) is 0 Å². The van der Waals surface area contributed by atoms with E-state index in [1.54, 1.807) is 0 Å². The van der Waals surface area contributed by atoms with Crippen LogP contribution in [0.25, 0.3) is 0 Å². The monoisotopic (exact) mass is 329 g/mol. The Bertz CT molecular complexity index is 424. The van der Waals surface area contributed by atoms with Crippen LogP contribution in [0.1, 0.15) is 29.6 Å². The van der Waals surface area contributed by atoms with Gasteiger partial charge in [-0.1, -0.05) is 28.4 Å². The van der Waals surface area contributed by atoms with Crippen molar-refractivity contribution in [3.63, 3.8) is 0 Å². The number of hydrogen-bond donors (Lipinski definition) is 1. The molecule has 1 fully saturated rings. The molecule has 0 radical (unpaired) electrons. The Kier molecular flexibility index (Phi) is 5.07. The average molecular weight is 331 g/mol. The van der Waals surface area contributed by atoms with Crippen LogP contribution in [-0.4, -0.2) is 18.3 Å². The highest BCUT2D eigenvalue weighted by atomic mass is 79.9. The Morgan fingerprint density at radius 2 is 2.17 bits per heavy atom. The van der Waals surface area contributed by atoms with E-state index in [0.717, 1.165) is 11.0 Å². The quantitative estimate of drug-likeness (QED) is 0.835. The standard InChI is InChI=1S/C14H17BrClNO/c15-13-6-2-3-10(7-13)14(18)17-9-12-5-1-4-11(12)8-16/h2-3,6-7,11-12H,1,4-5,8-9H2,(H,17,18). The van der Waals surface area contributed by atoms with E-state index in [-0.39, 0.29) is 5.91 Å². The normalized spacial score (nSPS) is 23.0. The van der Waals surface area contributed by atoms with Crippen molar-refractivity contribution in [2.45, 2.75) is 19.3 Å². The van der Waals surface area contributed by atoms with Gasteiger partial charge in [0, 0.05) is 22.5 Å². The van der Waals surface area contributed by atoms with E-state index in [9.17, 15) is 4.79 Å². The number of nitrogens with one attached hydrogen (secondary N) is 1. The first-order chi connectivity index (χ1) is 8.70. The van der Waals surface area contributed by atoms with Gasteiger partial charge in [0.1, 0.15) is 0 Å². The Labute approximate surface area is 121 Å². The Hall–Kier alpha value is -0.540. The molecule has 2 unspecified atom stereocenters. The van der Waals surface area contributed by atoms with Gasteiger partial charge in [-0.2, -0.15) is 0 Å². The Morgan fingerprint density at radius 1 is 1.39 bits per heavy atom. The highest BCUT2D eigenvalue weighted by Gasteiger charge is 2.26. The van der Waals surface area contributed by atoms with E-state index >= 15 is 0 Å². The summed E-state index contributed by atoms with van der Waals surface area (Å²) in [6.45, 7) is 0.739. The summed E-state index contributed by atoms with van der Waals surface area (Å²) in [6.07, 6.45) is 3.60. The molecule has 1 amide bonds. The second kappa shape index (κ2) is 6.58. The van der Waals surface area contributed by atoms with Gasteiger partial charge >= 0.3 is 0 Å².